The summed E-state index contributed by atoms with van der Waals surface area (Å²) >= 11 is 0. The summed E-state index contributed by atoms with van der Waals surface area (Å²) in [6, 6.07) is 11.1. The summed E-state index contributed by atoms with van der Waals surface area (Å²) in [6.07, 6.45) is 7.41. The van der Waals surface area contributed by atoms with Gasteiger partial charge in [0.05, 0.1) is 5.52 Å². The second kappa shape index (κ2) is 9.20. The molecule has 0 atom stereocenters. The second-order valence-corrected chi connectivity index (χ2v) is 7.89. The quantitative estimate of drug-likeness (QED) is 0.622. The molecule has 0 aliphatic heterocycles. The Morgan fingerprint density at radius 1 is 1.07 bits per heavy atom. The average molecular weight is 407 g/mol. The van der Waals surface area contributed by atoms with Gasteiger partial charge >= 0.3 is 0 Å². The molecule has 5 nitrogen and oxygen atoms in total. The van der Waals surface area contributed by atoms with Crippen LogP contribution in [0.25, 0.3) is 22.0 Å². The molecule has 1 aromatic heterocycles. The van der Waals surface area contributed by atoms with E-state index in [1.54, 1.807) is 6.07 Å². The van der Waals surface area contributed by atoms with Gasteiger partial charge in [-0.05, 0) is 60.2 Å². The maximum atomic E-state index is 14.4. The van der Waals surface area contributed by atoms with Gasteiger partial charge in [0.1, 0.15) is 18.0 Å². The lowest BCUT2D eigenvalue weighted by Crippen LogP contribution is -2.33. The van der Waals surface area contributed by atoms with Crippen LogP contribution in [0.4, 0.5) is 10.2 Å². The maximum absolute atomic E-state index is 14.4. The van der Waals surface area contributed by atoms with Gasteiger partial charge in [0.25, 0.3) is 0 Å². The standard InChI is InChI=1S/C24H27FN4O/c1-26-23-20-14-18(8-10-22(20)28-15-29-23)17-7-9-21(25)19(13-17)11-12-27-24(30)16-5-3-2-4-6-16/h7-10,13-16H,2-6,11-12H2,1H3,(H,27,30)(H,26,28,29). The molecule has 1 aliphatic carbocycles. The maximum Gasteiger partial charge on any atom is 0.223 e. The molecule has 0 saturated heterocycles. The summed E-state index contributed by atoms with van der Waals surface area (Å²) in [7, 11) is 1.83. The number of nitrogens with one attached hydrogen (secondary N) is 2. The number of rotatable bonds is 6. The highest BCUT2D eigenvalue weighted by molar-refractivity contribution is 5.92. The van der Waals surface area contributed by atoms with E-state index in [1.807, 2.05) is 31.3 Å². The van der Waals surface area contributed by atoms with E-state index < -0.39 is 0 Å². The van der Waals surface area contributed by atoms with Gasteiger partial charge in [-0.2, -0.15) is 0 Å². The topological polar surface area (TPSA) is 66.9 Å². The third-order valence-electron chi connectivity index (χ3n) is 5.92. The molecule has 30 heavy (non-hydrogen) atoms. The molecule has 1 aliphatic rings. The van der Waals surface area contributed by atoms with Crippen molar-refractivity contribution in [3.8, 4) is 11.1 Å². The number of nitrogens with zero attached hydrogens (tertiary/aromatic N) is 2. The Labute approximate surface area is 176 Å². The van der Waals surface area contributed by atoms with Crippen molar-refractivity contribution in [2.45, 2.75) is 38.5 Å². The highest BCUT2D eigenvalue weighted by Crippen LogP contribution is 2.28. The van der Waals surface area contributed by atoms with Gasteiger partial charge in [-0.3, -0.25) is 4.79 Å². The molecule has 156 valence electrons. The van der Waals surface area contributed by atoms with Gasteiger partial charge in [0, 0.05) is 24.9 Å². The molecule has 0 spiro atoms. The number of halogens is 1. The van der Waals surface area contributed by atoms with Crippen molar-refractivity contribution >= 4 is 22.6 Å². The number of anilines is 1. The minimum absolute atomic E-state index is 0.111. The number of aromatic nitrogens is 2. The Morgan fingerprint density at radius 2 is 1.83 bits per heavy atom. The molecule has 3 aromatic rings. The Bertz CT molecular complexity index is 1050. The first kappa shape index (κ1) is 20.3. The number of amides is 1. The van der Waals surface area contributed by atoms with Crippen LogP contribution in [0.3, 0.4) is 0 Å². The number of hydrogen-bond donors (Lipinski definition) is 2. The predicted molar refractivity (Wildman–Crippen MR) is 118 cm³/mol. The molecule has 6 heteroatoms. The lowest BCUT2D eigenvalue weighted by Gasteiger charge is -2.20. The summed E-state index contributed by atoms with van der Waals surface area (Å²) in [6.45, 7) is 0.450. The Morgan fingerprint density at radius 3 is 2.63 bits per heavy atom. The van der Waals surface area contributed by atoms with Crippen molar-refractivity contribution < 1.29 is 9.18 Å². The molecule has 0 unspecified atom stereocenters. The molecule has 2 aromatic carbocycles. The molecule has 1 heterocycles. The summed E-state index contributed by atoms with van der Waals surface area (Å²) in [5.74, 6) is 0.747. The molecule has 1 amide bonds. The van der Waals surface area contributed by atoms with Crippen LogP contribution in [0.2, 0.25) is 0 Å². The van der Waals surface area contributed by atoms with Crippen LogP contribution in [-0.4, -0.2) is 29.5 Å². The largest absolute Gasteiger partial charge is 0.373 e. The third kappa shape index (κ3) is 4.42. The molecule has 1 fully saturated rings. The molecule has 0 bridgehead atoms. The van der Waals surface area contributed by atoms with Crippen molar-refractivity contribution in [3.63, 3.8) is 0 Å². The first-order valence-corrected chi connectivity index (χ1v) is 10.6. The normalized spacial score (nSPS) is 14.6. The molecule has 4 rings (SSSR count). The lowest BCUT2D eigenvalue weighted by atomic mass is 9.88. The molecular formula is C24H27FN4O. The van der Waals surface area contributed by atoms with E-state index in [9.17, 15) is 9.18 Å². The van der Waals surface area contributed by atoms with E-state index in [0.717, 1.165) is 53.5 Å². The summed E-state index contributed by atoms with van der Waals surface area (Å²) in [4.78, 5) is 20.9. The molecular weight excluding hydrogens is 379 g/mol. The lowest BCUT2D eigenvalue weighted by molar-refractivity contribution is -0.125. The molecule has 0 radical (unpaired) electrons. The van der Waals surface area contributed by atoms with Crippen LogP contribution in [-0.2, 0) is 11.2 Å². The number of fused-ring (bicyclic) bond motifs is 1. The highest BCUT2D eigenvalue weighted by Gasteiger charge is 2.20. The van der Waals surface area contributed by atoms with Crippen molar-refractivity contribution in [2.24, 2.45) is 5.92 Å². The van der Waals surface area contributed by atoms with Crippen molar-refractivity contribution in [1.82, 2.24) is 15.3 Å². The van der Waals surface area contributed by atoms with Gasteiger partial charge in [-0.25, -0.2) is 14.4 Å². The predicted octanol–water partition coefficient (Wildman–Crippen LogP) is 4.72. The number of benzene rings is 2. The Hall–Kier alpha value is -3.02. The summed E-state index contributed by atoms with van der Waals surface area (Å²) < 4.78 is 14.4. The van der Waals surface area contributed by atoms with Crippen molar-refractivity contribution in [1.29, 1.82) is 0 Å². The van der Waals surface area contributed by atoms with Gasteiger partial charge in [-0.15, -0.1) is 0 Å². The van der Waals surface area contributed by atoms with E-state index >= 15 is 0 Å². The van der Waals surface area contributed by atoms with E-state index in [4.69, 9.17) is 0 Å². The molecule has 2 N–H and O–H groups in total. The van der Waals surface area contributed by atoms with Crippen LogP contribution in [0.1, 0.15) is 37.7 Å². The van der Waals surface area contributed by atoms with E-state index in [0.29, 0.717) is 18.5 Å². The van der Waals surface area contributed by atoms with Gasteiger partial charge in [-0.1, -0.05) is 31.4 Å². The summed E-state index contributed by atoms with van der Waals surface area (Å²) in [5, 5.41) is 7.00. The first-order valence-electron chi connectivity index (χ1n) is 10.6. The van der Waals surface area contributed by atoms with Gasteiger partial charge in [0.2, 0.25) is 5.91 Å². The van der Waals surface area contributed by atoms with Crippen LogP contribution in [0, 0.1) is 11.7 Å². The number of hydrogen-bond acceptors (Lipinski definition) is 4. The zero-order valence-corrected chi connectivity index (χ0v) is 17.2. The van der Waals surface area contributed by atoms with Crippen molar-refractivity contribution in [2.75, 3.05) is 18.9 Å². The molecule has 1 saturated carbocycles. The minimum atomic E-state index is -0.245. The van der Waals surface area contributed by atoms with Gasteiger partial charge in [0.15, 0.2) is 0 Å². The fraction of sp³-hybridized carbons (Fsp3) is 0.375. The average Bonchev–Trinajstić information content (AvgIpc) is 2.80. The van der Waals surface area contributed by atoms with Crippen LogP contribution >= 0.6 is 0 Å². The van der Waals surface area contributed by atoms with Crippen LogP contribution < -0.4 is 10.6 Å². The van der Waals surface area contributed by atoms with Crippen molar-refractivity contribution in [3.05, 3.63) is 54.1 Å². The Kier molecular flexibility index (Phi) is 6.21. The monoisotopic (exact) mass is 406 g/mol. The zero-order valence-electron chi connectivity index (χ0n) is 17.2. The van der Waals surface area contributed by atoms with E-state index in [2.05, 4.69) is 20.6 Å². The van der Waals surface area contributed by atoms with Crippen LogP contribution in [0.15, 0.2) is 42.7 Å². The highest BCUT2D eigenvalue weighted by atomic mass is 19.1. The van der Waals surface area contributed by atoms with Gasteiger partial charge < -0.3 is 10.6 Å². The van der Waals surface area contributed by atoms with Crippen LogP contribution in [0.5, 0.6) is 0 Å². The number of carbonyl (C=O) groups excluding carboxylic acids is 1. The fourth-order valence-electron chi connectivity index (χ4n) is 4.21. The summed E-state index contributed by atoms with van der Waals surface area (Å²) in [5.41, 5.74) is 3.36. The minimum Gasteiger partial charge on any atom is -0.373 e. The fourth-order valence-corrected chi connectivity index (χ4v) is 4.21. The zero-order chi connectivity index (χ0) is 20.9. The van der Waals surface area contributed by atoms with E-state index in [-0.39, 0.29) is 17.6 Å². The SMILES string of the molecule is CNc1ncnc2ccc(-c3ccc(F)c(CCNC(=O)C4CCCCC4)c3)cc12. The van der Waals surface area contributed by atoms with E-state index in [1.165, 1.54) is 18.8 Å². The third-order valence-corrected chi connectivity index (χ3v) is 5.92. The number of carbonyl (C=O) groups is 1. The first-order chi connectivity index (χ1) is 14.7. The Balaban J connectivity index is 1.49. The smallest absolute Gasteiger partial charge is 0.223 e. The second-order valence-electron chi connectivity index (χ2n) is 7.89.